The van der Waals surface area contributed by atoms with Crippen molar-refractivity contribution in [3.05, 3.63) is 30.3 Å². The lowest BCUT2D eigenvalue weighted by Gasteiger charge is -2.32. The Kier molecular flexibility index (Phi) is 3.38. The van der Waals surface area contributed by atoms with Crippen LogP contribution in [0.5, 0.6) is 0 Å². The van der Waals surface area contributed by atoms with Gasteiger partial charge in [0.25, 0.3) is 0 Å². The van der Waals surface area contributed by atoms with Crippen molar-refractivity contribution in [2.24, 2.45) is 0 Å². The summed E-state index contributed by atoms with van der Waals surface area (Å²) in [5.74, 6) is 2.98. The molecule has 1 aromatic heterocycles. The highest BCUT2D eigenvalue weighted by Gasteiger charge is 2.49. The fourth-order valence-corrected chi connectivity index (χ4v) is 1.85. The maximum atomic E-state index is 5.88. The molecule has 2 heterocycles. The molecule has 1 fully saturated rings. The van der Waals surface area contributed by atoms with Crippen LogP contribution in [0.1, 0.15) is 33.5 Å². The van der Waals surface area contributed by atoms with Crippen LogP contribution in [-0.4, -0.2) is 27.9 Å². The molecule has 0 atom stereocenters. The predicted molar refractivity (Wildman–Crippen MR) is 72.2 cm³/mol. The van der Waals surface area contributed by atoms with Crippen molar-refractivity contribution >= 4 is 7.12 Å². The summed E-state index contributed by atoms with van der Waals surface area (Å²) in [6.45, 7) is 11.0. The van der Waals surface area contributed by atoms with Gasteiger partial charge in [-0.2, -0.15) is 0 Å². The van der Waals surface area contributed by atoms with Crippen molar-refractivity contribution in [3.63, 3.8) is 0 Å². The Labute approximate surface area is 109 Å². The highest BCUT2D eigenvalue weighted by Crippen LogP contribution is 2.36. The van der Waals surface area contributed by atoms with Crippen molar-refractivity contribution in [2.75, 3.05) is 0 Å². The van der Waals surface area contributed by atoms with Gasteiger partial charge in [-0.15, -0.1) is 0 Å². The maximum absolute atomic E-state index is 5.88. The zero-order valence-electron chi connectivity index (χ0n) is 11.8. The van der Waals surface area contributed by atoms with Gasteiger partial charge in [0, 0.05) is 18.9 Å². The number of allylic oxidation sites excluding steroid dienone is 1. The molecule has 1 saturated heterocycles. The molecule has 1 aromatic rings. The average Bonchev–Trinajstić information content (AvgIpc) is 2.70. The number of aryl methyl sites for hydroxylation is 1. The quantitative estimate of drug-likeness (QED) is 0.770. The van der Waals surface area contributed by atoms with Gasteiger partial charge in [0.15, 0.2) is 0 Å². The third kappa shape index (κ3) is 2.52. The zero-order chi connectivity index (χ0) is 13.4. The van der Waals surface area contributed by atoms with Crippen LogP contribution in [0.2, 0.25) is 0 Å². The molecule has 0 aliphatic carbocycles. The number of aromatic nitrogens is 2. The van der Waals surface area contributed by atoms with E-state index in [4.69, 9.17) is 9.31 Å². The van der Waals surface area contributed by atoms with Gasteiger partial charge < -0.3 is 13.9 Å². The highest BCUT2D eigenvalue weighted by atomic mass is 16.7. The summed E-state index contributed by atoms with van der Waals surface area (Å²) in [4.78, 5) is 4.18. The van der Waals surface area contributed by atoms with E-state index in [1.807, 2.05) is 19.1 Å². The molecule has 0 aromatic carbocycles. The van der Waals surface area contributed by atoms with Crippen LogP contribution in [0.15, 0.2) is 24.4 Å². The van der Waals surface area contributed by atoms with Gasteiger partial charge in [-0.25, -0.2) is 4.98 Å². The number of hydrogen-bond donors (Lipinski definition) is 0. The Morgan fingerprint density at radius 2 is 1.89 bits per heavy atom. The second-order valence-electron chi connectivity index (χ2n) is 5.68. The van der Waals surface area contributed by atoms with Crippen molar-refractivity contribution in [1.29, 1.82) is 0 Å². The molecule has 0 unspecified atom stereocenters. The minimum atomic E-state index is -0.271. The molecular weight excluding hydrogens is 227 g/mol. The molecule has 0 radical (unpaired) electrons. The Morgan fingerprint density at radius 3 is 2.39 bits per heavy atom. The van der Waals surface area contributed by atoms with Crippen LogP contribution in [0.4, 0.5) is 0 Å². The Morgan fingerprint density at radius 1 is 1.28 bits per heavy atom. The topological polar surface area (TPSA) is 36.3 Å². The molecule has 0 N–H and O–H groups in total. The Hall–Kier alpha value is -1.07. The lowest BCUT2D eigenvalue weighted by atomic mass is 9.90. The van der Waals surface area contributed by atoms with Gasteiger partial charge in [-0.05, 0) is 34.6 Å². The van der Waals surface area contributed by atoms with Gasteiger partial charge in [-0.3, -0.25) is 0 Å². The van der Waals surface area contributed by atoms with Crippen LogP contribution in [0, 0.1) is 6.92 Å². The van der Waals surface area contributed by atoms with E-state index in [1.54, 1.807) is 6.20 Å². The average molecular weight is 248 g/mol. The molecule has 0 amide bonds. The molecule has 5 heteroatoms. The molecule has 0 spiro atoms. The van der Waals surface area contributed by atoms with E-state index < -0.39 is 0 Å². The number of rotatable bonds is 3. The van der Waals surface area contributed by atoms with Crippen molar-refractivity contribution < 1.29 is 9.31 Å². The molecule has 0 bridgehead atoms. The summed E-state index contributed by atoms with van der Waals surface area (Å²) in [5.41, 5.74) is -0.542. The Balaban J connectivity index is 1.94. The van der Waals surface area contributed by atoms with Crippen LogP contribution >= 0.6 is 0 Å². The number of nitrogens with zero attached hydrogens (tertiary/aromatic N) is 2. The smallest absolute Gasteiger partial charge is 0.400 e. The summed E-state index contributed by atoms with van der Waals surface area (Å²) in [5, 5.41) is 0. The van der Waals surface area contributed by atoms with Crippen molar-refractivity contribution in [2.45, 2.75) is 52.4 Å². The van der Waals surface area contributed by atoms with E-state index in [1.165, 1.54) is 0 Å². The predicted octanol–water partition coefficient (Wildman–Crippen LogP) is 2.38. The van der Waals surface area contributed by atoms with Gasteiger partial charge >= 0.3 is 7.12 Å². The molecule has 0 saturated carbocycles. The standard InChI is InChI=1S/C13H21BN2O2/c1-11-15-8-10-16(11)9-6-7-14-17-12(2,3)13(4,5)18-14/h6-8,10H,9H2,1-5H3/b7-6+. The molecule has 2 rings (SSSR count). The van der Waals surface area contributed by atoms with E-state index in [0.29, 0.717) is 0 Å². The minimum absolute atomic E-state index is 0.265. The molecule has 1 aliphatic heterocycles. The molecule has 4 nitrogen and oxygen atoms in total. The van der Waals surface area contributed by atoms with Gasteiger partial charge in [0.1, 0.15) is 5.82 Å². The number of imidazole rings is 1. The first-order chi connectivity index (χ1) is 8.32. The number of hydrogen-bond acceptors (Lipinski definition) is 3. The summed E-state index contributed by atoms with van der Waals surface area (Å²) in [6.07, 6.45) is 5.82. The second kappa shape index (κ2) is 4.55. The van der Waals surface area contributed by atoms with Crippen LogP contribution in [-0.2, 0) is 15.9 Å². The fourth-order valence-electron chi connectivity index (χ4n) is 1.85. The van der Waals surface area contributed by atoms with E-state index in [9.17, 15) is 0 Å². The van der Waals surface area contributed by atoms with E-state index >= 15 is 0 Å². The summed E-state index contributed by atoms with van der Waals surface area (Å²) in [7, 11) is -0.265. The second-order valence-corrected chi connectivity index (χ2v) is 5.68. The van der Waals surface area contributed by atoms with E-state index in [-0.39, 0.29) is 18.3 Å². The van der Waals surface area contributed by atoms with Crippen LogP contribution in [0.3, 0.4) is 0 Å². The normalized spacial score (nSPS) is 21.9. The summed E-state index contributed by atoms with van der Waals surface area (Å²) >= 11 is 0. The zero-order valence-corrected chi connectivity index (χ0v) is 11.8. The van der Waals surface area contributed by atoms with Gasteiger partial charge in [-0.1, -0.05) is 12.1 Å². The van der Waals surface area contributed by atoms with Gasteiger partial charge in [0.05, 0.1) is 11.2 Å². The molecule has 1 aliphatic rings. The third-order valence-corrected chi connectivity index (χ3v) is 3.79. The largest absolute Gasteiger partial charge is 0.486 e. The third-order valence-electron chi connectivity index (χ3n) is 3.79. The SMILES string of the molecule is Cc1nccn1C/C=C/B1OC(C)(C)C(C)(C)O1. The summed E-state index contributed by atoms with van der Waals surface area (Å²) in [6, 6.07) is 0. The molecule has 98 valence electrons. The van der Waals surface area contributed by atoms with Crippen molar-refractivity contribution in [3.8, 4) is 0 Å². The Bertz CT molecular complexity index is 436. The highest BCUT2D eigenvalue weighted by molar-refractivity contribution is 6.51. The summed E-state index contributed by atoms with van der Waals surface area (Å²) < 4.78 is 13.8. The van der Waals surface area contributed by atoms with Crippen molar-refractivity contribution in [1.82, 2.24) is 9.55 Å². The first kappa shape index (κ1) is 13.4. The first-order valence-electron chi connectivity index (χ1n) is 6.32. The monoisotopic (exact) mass is 248 g/mol. The first-order valence-corrected chi connectivity index (χ1v) is 6.32. The lowest BCUT2D eigenvalue weighted by Crippen LogP contribution is -2.41. The van der Waals surface area contributed by atoms with Gasteiger partial charge in [0.2, 0.25) is 0 Å². The van der Waals surface area contributed by atoms with E-state index in [2.05, 4.69) is 43.3 Å². The fraction of sp³-hybridized carbons (Fsp3) is 0.615. The molecular formula is C13H21BN2O2. The van der Waals surface area contributed by atoms with E-state index in [0.717, 1.165) is 12.4 Å². The minimum Gasteiger partial charge on any atom is -0.400 e. The lowest BCUT2D eigenvalue weighted by molar-refractivity contribution is 0.00578. The van der Waals surface area contributed by atoms with Crippen LogP contribution < -0.4 is 0 Å². The van der Waals surface area contributed by atoms with Crippen LogP contribution in [0.25, 0.3) is 0 Å². The maximum Gasteiger partial charge on any atom is 0.486 e. The molecule has 18 heavy (non-hydrogen) atoms.